The van der Waals surface area contributed by atoms with E-state index in [0.717, 1.165) is 16.6 Å². The fourth-order valence-electron chi connectivity index (χ4n) is 2.33. The quantitative estimate of drug-likeness (QED) is 0.658. The number of alkyl halides is 1. The molecule has 0 aliphatic heterocycles. The average Bonchev–Trinajstić information content (AvgIpc) is 2.83. The molecule has 2 rings (SSSR count). The van der Waals surface area contributed by atoms with Crippen LogP contribution in [-0.4, -0.2) is 35.7 Å². The van der Waals surface area contributed by atoms with Crippen molar-refractivity contribution in [2.75, 3.05) is 20.3 Å². The van der Waals surface area contributed by atoms with Gasteiger partial charge in [-0.25, -0.2) is 4.98 Å². The van der Waals surface area contributed by atoms with Gasteiger partial charge in [0.05, 0.1) is 23.5 Å². The lowest BCUT2D eigenvalue weighted by molar-refractivity contribution is -0.124. The highest BCUT2D eigenvalue weighted by molar-refractivity contribution is 6.17. The number of methoxy groups -OCH3 is 1. The molecule has 0 radical (unpaired) electrons. The van der Waals surface area contributed by atoms with Crippen LogP contribution in [0.3, 0.4) is 0 Å². The Morgan fingerprint density at radius 1 is 1.52 bits per heavy atom. The second kappa shape index (κ2) is 6.91. The molecule has 1 N–H and O–H groups in total. The molecular weight excluding hydrogens is 290 g/mol. The maximum atomic E-state index is 12.2. The number of nitrogens with one attached hydrogen (secondary N) is 1. The summed E-state index contributed by atoms with van der Waals surface area (Å²) in [6.45, 7) is 4.84. The highest BCUT2D eigenvalue weighted by atomic mass is 35.5. The van der Waals surface area contributed by atoms with Gasteiger partial charge in [-0.3, -0.25) is 4.79 Å². The first-order chi connectivity index (χ1) is 10.1. The predicted molar refractivity (Wildman–Crippen MR) is 83.6 cm³/mol. The van der Waals surface area contributed by atoms with Crippen LogP contribution in [0.25, 0.3) is 11.0 Å². The van der Waals surface area contributed by atoms with Crippen molar-refractivity contribution >= 4 is 28.5 Å². The summed E-state index contributed by atoms with van der Waals surface area (Å²) in [5.74, 6) is 0.897. The Balaban J connectivity index is 2.33. The van der Waals surface area contributed by atoms with E-state index < -0.39 is 0 Å². The molecule has 5 nitrogen and oxygen atoms in total. The fraction of sp³-hybridized carbons (Fsp3) is 0.467. The molecule has 1 aromatic carbocycles. The Bertz CT molecular complexity index is 639. The molecule has 1 amide bonds. The average molecular weight is 310 g/mol. The fourth-order valence-corrected chi connectivity index (χ4v) is 2.51. The molecule has 0 aliphatic rings. The smallest absolute Gasteiger partial charge is 0.242 e. The number of carbonyl (C=O) groups excluding carboxylic acids is 1. The normalized spacial score (nSPS) is 12.6. The Morgan fingerprint density at radius 2 is 2.29 bits per heavy atom. The second-order valence-electron chi connectivity index (χ2n) is 4.98. The monoisotopic (exact) mass is 309 g/mol. The maximum Gasteiger partial charge on any atom is 0.242 e. The van der Waals surface area contributed by atoms with E-state index >= 15 is 0 Å². The minimum Gasteiger partial charge on any atom is -0.383 e. The van der Waals surface area contributed by atoms with E-state index in [1.54, 1.807) is 7.11 Å². The summed E-state index contributed by atoms with van der Waals surface area (Å²) < 4.78 is 6.83. The van der Waals surface area contributed by atoms with E-state index in [4.69, 9.17) is 16.3 Å². The molecule has 0 saturated carbocycles. The highest BCUT2D eigenvalue weighted by Crippen LogP contribution is 2.23. The third kappa shape index (κ3) is 3.36. The van der Waals surface area contributed by atoms with Gasteiger partial charge in [0, 0.05) is 13.7 Å². The summed E-state index contributed by atoms with van der Waals surface area (Å²) in [5, 5.41) is 2.84. The molecule has 1 unspecified atom stereocenters. The van der Waals surface area contributed by atoms with Crippen LogP contribution in [0.5, 0.6) is 0 Å². The van der Waals surface area contributed by atoms with Crippen molar-refractivity contribution in [2.24, 2.45) is 0 Å². The van der Waals surface area contributed by atoms with Gasteiger partial charge < -0.3 is 14.6 Å². The van der Waals surface area contributed by atoms with Crippen LogP contribution in [0, 0.1) is 6.92 Å². The minimum absolute atomic E-state index is 0.0710. The number of halogens is 1. The summed E-state index contributed by atoms with van der Waals surface area (Å²) in [6.07, 6.45) is 0. The summed E-state index contributed by atoms with van der Waals surface area (Å²) in [4.78, 5) is 16.8. The number of fused-ring (bicyclic) bond motifs is 1. The molecule has 1 heterocycles. The van der Waals surface area contributed by atoms with E-state index in [0.29, 0.717) is 19.0 Å². The number of imidazole rings is 1. The van der Waals surface area contributed by atoms with Crippen LogP contribution in [0.2, 0.25) is 0 Å². The minimum atomic E-state index is -0.372. The largest absolute Gasteiger partial charge is 0.383 e. The van der Waals surface area contributed by atoms with Crippen LogP contribution in [0.4, 0.5) is 0 Å². The lowest BCUT2D eigenvalue weighted by Crippen LogP contribution is -2.33. The molecule has 21 heavy (non-hydrogen) atoms. The molecule has 1 atom stereocenters. The number of carbonyl (C=O) groups is 1. The van der Waals surface area contributed by atoms with E-state index in [1.807, 2.05) is 36.6 Å². The molecule has 1 aromatic heterocycles. The number of aromatic nitrogens is 2. The van der Waals surface area contributed by atoms with Crippen molar-refractivity contribution in [1.82, 2.24) is 14.9 Å². The van der Waals surface area contributed by atoms with E-state index in [2.05, 4.69) is 10.3 Å². The second-order valence-corrected chi connectivity index (χ2v) is 5.25. The molecule has 0 spiro atoms. The number of rotatable bonds is 6. The van der Waals surface area contributed by atoms with Gasteiger partial charge in [0.1, 0.15) is 11.9 Å². The van der Waals surface area contributed by atoms with Gasteiger partial charge in [-0.1, -0.05) is 6.07 Å². The van der Waals surface area contributed by atoms with Gasteiger partial charge in [-0.05, 0) is 31.5 Å². The summed E-state index contributed by atoms with van der Waals surface area (Å²) >= 11 is 5.98. The van der Waals surface area contributed by atoms with Gasteiger partial charge in [0.15, 0.2) is 0 Å². The lowest BCUT2D eigenvalue weighted by Gasteiger charge is -2.16. The molecular formula is C15H20ClN3O2. The van der Waals surface area contributed by atoms with Gasteiger partial charge in [-0.15, -0.1) is 11.6 Å². The maximum absolute atomic E-state index is 12.2. The number of nitrogens with zero attached hydrogens (tertiary/aromatic N) is 2. The molecule has 0 aliphatic carbocycles. The number of aryl methyl sites for hydroxylation is 1. The van der Waals surface area contributed by atoms with Crippen molar-refractivity contribution in [3.8, 4) is 0 Å². The first kappa shape index (κ1) is 15.8. The van der Waals surface area contributed by atoms with Gasteiger partial charge >= 0.3 is 0 Å². The molecule has 6 heteroatoms. The SMILES string of the molecule is COCCNC(=O)C(C)n1c(CCl)nc2cc(C)ccc21. The van der Waals surface area contributed by atoms with Gasteiger partial charge in [-0.2, -0.15) is 0 Å². The summed E-state index contributed by atoms with van der Waals surface area (Å²) in [6, 6.07) is 5.61. The lowest BCUT2D eigenvalue weighted by atomic mass is 10.2. The Kier molecular flexibility index (Phi) is 5.20. The Morgan fingerprint density at radius 3 is 2.95 bits per heavy atom. The number of amides is 1. The van der Waals surface area contributed by atoms with E-state index in [9.17, 15) is 4.79 Å². The van der Waals surface area contributed by atoms with Crippen LogP contribution in [0.1, 0.15) is 24.4 Å². The topological polar surface area (TPSA) is 56.1 Å². The zero-order valence-corrected chi connectivity index (χ0v) is 13.3. The molecule has 0 saturated heterocycles. The Labute approximate surface area is 129 Å². The van der Waals surface area contributed by atoms with Crippen molar-refractivity contribution < 1.29 is 9.53 Å². The summed E-state index contributed by atoms with van der Waals surface area (Å²) in [5.41, 5.74) is 2.92. The first-order valence-electron chi connectivity index (χ1n) is 6.88. The van der Waals surface area contributed by atoms with Crippen LogP contribution in [-0.2, 0) is 15.4 Å². The van der Waals surface area contributed by atoms with Crippen LogP contribution >= 0.6 is 11.6 Å². The summed E-state index contributed by atoms with van der Waals surface area (Å²) in [7, 11) is 1.60. The van der Waals surface area contributed by atoms with Crippen molar-refractivity contribution in [1.29, 1.82) is 0 Å². The third-order valence-electron chi connectivity index (χ3n) is 3.41. The van der Waals surface area contributed by atoms with Crippen molar-refractivity contribution in [3.63, 3.8) is 0 Å². The van der Waals surface area contributed by atoms with E-state index in [1.165, 1.54) is 0 Å². The first-order valence-corrected chi connectivity index (χ1v) is 7.42. The number of benzene rings is 1. The Hall–Kier alpha value is -1.59. The van der Waals surface area contributed by atoms with Crippen LogP contribution < -0.4 is 5.32 Å². The number of hydrogen-bond donors (Lipinski definition) is 1. The van der Waals surface area contributed by atoms with E-state index in [-0.39, 0.29) is 17.8 Å². The van der Waals surface area contributed by atoms with Crippen molar-refractivity contribution in [2.45, 2.75) is 25.8 Å². The number of ether oxygens (including phenoxy) is 1. The van der Waals surface area contributed by atoms with Gasteiger partial charge in [0.2, 0.25) is 5.91 Å². The highest BCUT2D eigenvalue weighted by Gasteiger charge is 2.20. The third-order valence-corrected chi connectivity index (χ3v) is 3.65. The number of hydrogen-bond acceptors (Lipinski definition) is 3. The van der Waals surface area contributed by atoms with Crippen molar-refractivity contribution in [3.05, 3.63) is 29.6 Å². The standard InChI is InChI=1S/C15H20ClN3O2/c1-10-4-5-13-12(8-10)18-14(9-16)19(13)11(2)15(20)17-6-7-21-3/h4-5,8,11H,6-7,9H2,1-3H3,(H,17,20). The zero-order chi connectivity index (χ0) is 15.4. The molecule has 0 fully saturated rings. The van der Waals surface area contributed by atoms with Gasteiger partial charge in [0.25, 0.3) is 0 Å². The zero-order valence-electron chi connectivity index (χ0n) is 12.5. The molecule has 0 bridgehead atoms. The molecule has 2 aromatic rings. The molecule has 114 valence electrons. The predicted octanol–water partition coefficient (Wildman–Crippen LogP) is 2.41. The van der Waals surface area contributed by atoms with Crippen LogP contribution in [0.15, 0.2) is 18.2 Å².